The maximum absolute atomic E-state index is 10.2. The predicted molar refractivity (Wildman–Crippen MR) is 81.9 cm³/mol. The molecular formula is C16H18BrNO. The highest BCUT2D eigenvalue weighted by Gasteiger charge is 2.10. The summed E-state index contributed by atoms with van der Waals surface area (Å²) >= 11 is 3.40. The van der Waals surface area contributed by atoms with Crippen LogP contribution in [0.4, 0.5) is 0 Å². The first-order valence-electron chi connectivity index (χ1n) is 6.31. The van der Waals surface area contributed by atoms with E-state index in [0.717, 1.165) is 16.6 Å². The van der Waals surface area contributed by atoms with Gasteiger partial charge in [0.25, 0.3) is 0 Å². The Labute approximate surface area is 122 Å². The molecule has 19 heavy (non-hydrogen) atoms. The van der Waals surface area contributed by atoms with Crippen molar-refractivity contribution in [3.8, 4) is 0 Å². The molecule has 0 saturated heterocycles. The SMILES string of the molecule is CN(Cc1ccccc1)C[C@H](O)c1ccc(Br)cc1. The Balaban J connectivity index is 1.91. The number of halogens is 1. The van der Waals surface area contributed by atoms with E-state index in [0.29, 0.717) is 6.54 Å². The van der Waals surface area contributed by atoms with Gasteiger partial charge in [0, 0.05) is 17.6 Å². The van der Waals surface area contributed by atoms with Gasteiger partial charge in [-0.3, -0.25) is 4.90 Å². The van der Waals surface area contributed by atoms with E-state index in [1.807, 2.05) is 49.5 Å². The second kappa shape index (κ2) is 6.85. The summed E-state index contributed by atoms with van der Waals surface area (Å²) < 4.78 is 1.03. The number of hydrogen-bond donors (Lipinski definition) is 1. The maximum atomic E-state index is 10.2. The lowest BCUT2D eigenvalue weighted by molar-refractivity contribution is 0.124. The second-order valence-electron chi connectivity index (χ2n) is 4.75. The number of aliphatic hydroxyl groups is 1. The number of rotatable bonds is 5. The molecule has 0 radical (unpaired) electrons. The summed E-state index contributed by atoms with van der Waals surface area (Å²) in [6.45, 7) is 1.46. The molecule has 2 rings (SSSR count). The van der Waals surface area contributed by atoms with Crippen LogP contribution in [0.1, 0.15) is 17.2 Å². The summed E-state index contributed by atoms with van der Waals surface area (Å²) in [6.07, 6.45) is -0.457. The first-order valence-corrected chi connectivity index (χ1v) is 7.10. The summed E-state index contributed by atoms with van der Waals surface area (Å²) in [4.78, 5) is 2.13. The molecule has 0 aliphatic heterocycles. The summed E-state index contributed by atoms with van der Waals surface area (Å²) in [5.41, 5.74) is 2.20. The monoisotopic (exact) mass is 319 g/mol. The number of nitrogens with zero attached hydrogens (tertiary/aromatic N) is 1. The van der Waals surface area contributed by atoms with E-state index >= 15 is 0 Å². The first kappa shape index (κ1) is 14.3. The Morgan fingerprint density at radius 2 is 1.68 bits per heavy atom. The molecule has 0 aromatic heterocycles. The molecule has 3 heteroatoms. The van der Waals surface area contributed by atoms with Crippen molar-refractivity contribution in [1.82, 2.24) is 4.90 Å². The van der Waals surface area contributed by atoms with Crippen molar-refractivity contribution in [3.05, 3.63) is 70.2 Å². The Kier molecular flexibility index (Phi) is 5.14. The van der Waals surface area contributed by atoms with Crippen LogP contribution in [0.3, 0.4) is 0 Å². The fraction of sp³-hybridized carbons (Fsp3) is 0.250. The van der Waals surface area contributed by atoms with Crippen LogP contribution in [0.5, 0.6) is 0 Å². The second-order valence-corrected chi connectivity index (χ2v) is 5.67. The summed E-state index contributed by atoms with van der Waals surface area (Å²) in [6, 6.07) is 18.1. The third-order valence-electron chi connectivity index (χ3n) is 3.03. The third-order valence-corrected chi connectivity index (χ3v) is 3.56. The van der Waals surface area contributed by atoms with Crippen LogP contribution >= 0.6 is 15.9 Å². The van der Waals surface area contributed by atoms with Crippen LogP contribution in [-0.4, -0.2) is 23.6 Å². The lowest BCUT2D eigenvalue weighted by Gasteiger charge is -2.21. The van der Waals surface area contributed by atoms with Crippen LogP contribution in [0.25, 0.3) is 0 Å². The zero-order chi connectivity index (χ0) is 13.7. The highest BCUT2D eigenvalue weighted by molar-refractivity contribution is 9.10. The van der Waals surface area contributed by atoms with Crippen molar-refractivity contribution >= 4 is 15.9 Å². The van der Waals surface area contributed by atoms with E-state index in [-0.39, 0.29) is 0 Å². The third kappa shape index (κ3) is 4.46. The molecule has 0 heterocycles. The van der Waals surface area contributed by atoms with Gasteiger partial charge in [-0.05, 0) is 30.3 Å². The average Bonchev–Trinajstić information content (AvgIpc) is 2.40. The van der Waals surface area contributed by atoms with Crippen molar-refractivity contribution in [2.75, 3.05) is 13.6 Å². The van der Waals surface area contributed by atoms with Crippen molar-refractivity contribution in [3.63, 3.8) is 0 Å². The number of benzene rings is 2. The molecule has 0 fully saturated rings. The lowest BCUT2D eigenvalue weighted by atomic mass is 10.1. The minimum atomic E-state index is -0.457. The molecule has 0 saturated carbocycles. The molecule has 100 valence electrons. The molecule has 1 atom stereocenters. The Morgan fingerprint density at radius 1 is 1.05 bits per heavy atom. The summed E-state index contributed by atoms with van der Waals surface area (Å²) in [5, 5.41) is 10.2. The minimum absolute atomic E-state index is 0.457. The summed E-state index contributed by atoms with van der Waals surface area (Å²) in [7, 11) is 2.02. The van der Waals surface area contributed by atoms with Crippen molar-refractivity contribution in [1.29, 1.82) is 0 Å². The molecule has 0 bridgehead atoms. The van der Waals surface area contributed by atoms with E-state index in [9.17, 15) is 5.11 Å². The van der Waals surface area contributed by atoms with Crippen LogP contribution in [0.2, 0.25) is 0 Å². The standard InChI is InChI=1S/C16H18BrNO/c1-18(11-13-5-3-2-4-6-13)12-16(19)14-7-9-15(17)10-8-14/h2-10,16,19H,11-12H2,1H3/t16-/m0/s1. The van der Waals surface area contributed by atoms with Gasteiger partial charge in [-0.15, -0.1) is 0 Å². The molecule has 2 aromatic carbocycles. The van der Waals surface area contributed by atoms with Gasteiger partial charge in [0.1, 0.15) is 0 Å². The van der Waals surface area contributed by atoms with Gasteiger partial charge in [-0.1, -0.05) is 58.4 Å². The number of aliphatic hydroxyl groups excluding tert-OH is 1. The van der Waals surface area contributed by atoms with Gasteiger partial charge in [0.05, 0.1) is 6.10 Å². The average molecular weight is 320 g/mol. The van der Waals surface area contributed by atoms with Gasteiger partial charge in [0.15, 0.2) is 0 Å². The highest BCUT2D eigenvalue weighted by atomic mass is 79.9. The number of hydrogen-bond acceptors (Lipinski definition) is 2. The van der Waals surface area contributed by atoms with Crippen molar-refractivity contribution < 1.29 is 5.11 Å². The van der Waals surface area contributed by atoms with Crippen LogP contribution in [-0.2, 0) is 6.54 Å². The van der Waals surface area contributed by atoms with Crippen molar-refractivity contribution in [2.45, 2.75) is 12.6 Å². The molecule has 0 aliphatic carbocycles. The van der Waals surface area contributed by atoms with Crippen LogP contribution in [0.15, 0.2) is 59.1 Å². The van der Waals surface area contributed by atoms with Gasteiger partial charge in [-0.25, -0.2) is 0 Å². The fourth-order valence-corrected chi connectivity index (χ4v) is 2.31. The number of likely N-dealkylation sites (N-methyl/N-ethyl adjacent to an activating group) is 1. The highest BCUT2D eigenvalue weighted by Crippen LogP contribution is 2.18. The molecule has 0 amide bonds. The Hall–Kier alpha value is -1.16. The normalized spacial score (nSPS) is 12.6. The van der Waals surface area contributed by atoms with E-state index in [1.165, 1.54) is 5.56 Å². The van der Waals surface area contributed by atoms with Gasteiger partial charge in [-0.2, -0.15) is 0 Å². The van der Waals surface area contributed by atoms with E-state index in [2.05, 4.69) is 33.0 Å². The molecule has 2 nitrogen and oxygen atoms in total. The molecule has 0 aliphatic rings. The van der Waals surface area contributed by atoms with Crippen molar-refractivity contribution in [2.24, 2.45) is 0 Å². The smallest absolute Gasteiger partial charge is 0.0916 e. The van der Waals surface area contributed by atoms with E-state index in [4.69, 9.17) is 0 Å². The van der Waals surface area contributed by atoms with Gasteiger partial charge >= 0.3 is 0 Å². The van der Waals surface area contributed by atoms with Crippen LogP contribution in [0, 0.1) is 0 Å². The largest absolute Gasteiger partial charge is 0.387 e. The zero-order valence-electron chi connectivity index (χ0n) is 11.0. The van der Waals surface area contributed by atoms with Crippen LogP contribution < -0.4 is 0 Å². The topological polar surface area (TPSA) is 23.5 Å². The molecule has 1 N–H and O–H groups in total. The molecule has 0 unspecified atom stereocenters. The predicted octanol–water partition coefficient (Wildman–Crippen LogP) is 3.61. The Morgan fingerprint density at radius 3 is 2.32 bits per heavy atom. The maximum Gasteiger partial charge on any atom is 0.0916 e. The quantitative estimate of drug-likeness (QED) is 0.910. The minimum Gasteiger partial charge on any atom is -0.387 e. The van der Waals surface area contributed by atoms with Gasteiger partial charge in [0.2, 0.25) is 0 Å². The first-order chi connectivity index (χ1) is 9.15. The van der Waals surface area contributed by atoms with E-state index < -0.39 is 6.10 Å². The zero-order valence-corrected chi connectivity index (χ0v) is 12.5. The summed E-state index contributed by atoms with van der Waals surface area (Å²) in [5.74, 6) is 0. The molecular weight excluding hydrogens is 302 g/mol. The van der Waals surface area contributed by atoms with E-state index in [1.54, 1.807) is 0 Å². The molecule has 2 aromatic rings. The fourth-order valence-electron chi connectivity index (χ4n) is 2.05. The molecule has 0 spiro atoms. The Bertz CT molecular complexity index is 498. The van der Waals surface area contributed by atoms with Gasteiger partial charge < -0.3 is 5.11 Å². The lowest BCUT2D eigenvalue weighted by Crippen LogP contribution is -2.24.